The summed E-state index contributed by atoms with van der Waals surface area (Å²) in [5.41, 5.74) is 0.798. The molecule has 2 fully saturated rings. The number of rotatable bonds is 3. The Balaban J connectivity index is 1.74. The molecular weight excluding hydrogens is 190 g/mol. The zero-order valence-electron chi connectivity index (χ0n) is 9.59. The first-order chi connectivity index (χ1) is 6.78. The fourth-order valence-electron chi connectivity index (χ4n) is 3.33. The molecule has 1 aliphatic heterocycles. The van der Waals surface area contributed by atoms with E-state index in [0.717, 1.165) is 11.3 Å². The second kappa shape index (κ2) is 4.44. The van der Waals surface area contributed by atoms with Crippen molar-refractivity contribution in [1.29, 1.82) is 0 Å². The molecule has 82 valence electrons. The van der Waals surface area contributed by atoms with Gasteiger partial charge in [-0.3, -0.25) is 4.31 Å². The molecule has 0 bridgehead atoms. The minimum absolute atomic E-state index is 0.798. The molecule has 14 heavy (non-hydrogen) atoms. The van der Waals surface area contributed by atoms with E-state index in [0.29, 0.717) is 0 Å². The van der Waals surface area contributed by atoms with Crippen molar-refractivity contribution in [1.82, 2.24) is 4.31 Å². The maximum atomic E-state index is 2.53. The molecule has 0 unspecified atom stereocenters. The number of nitrogens with zero attached hydrogens (tertiary/aromatic N) is 1. The van der Waals surface area contributed by atoms with Gasteiger partial charge in [0.2, 0.25) is 0 Å². The van der Waals surface area contributed by atoms with Crippen molar-refractivity contribution in [2.75, 3.05) is 19.3 Å². The summed E-state index contributed by atoms with van der Waals surface area (Å²) in [6.45, 7) is 4.99. The van der Waals surface area contributed by atoms with Gasteiger partial charge in [0.15, 0.2) is 0 Å². The van der Waals surface area contributed by atoms with Gasteiger partial charge in [-0.05, 0) is 43.3 Å². The van der Waals surface area contributed by atoms with Crippen LogP contribution in [0.4, 0.5) is 0 Å². The number of piperidine rings is 1. The van der Waals surface area contributed by atoms with Gasteiger partial charge in [-0.25, -0.2) is 0 Å². The topological polar surface area (TPSA) is 3.24 Å². The van der Waals surface area contributed by atoms with Crippen LogP contribution in [0.3, 0.4) is 0 Å². The third-order valence-corrected chi connectivity index (χ3v) is 5.06. The van der Waals surface area contributed by atoms with Gasteiger partial charge in [-0.15, -0.1) is 0 Å². The quantitative estimate of drug-likeness (QED) is 0.660. The normalized spacial score (nSPS) is 27.9. The first-order valence-electron chi connectivity index (χ1n) is 6.07. The van der Waals surface area contributed by atoms with E-state index in [4.69, 9.17) is 0 Å². The van der Waals surface area contributed by atoms with E-state index >= 15 is 0 Å². The Labute approximate surface area is 92.8 Å². The minimum atomic E-state index is 0.798. The molecule has 0 N–H and O–H groups in total. The minimum Gasteiger partial charge on any atom is -0.251 e. The van der Waals surface area contributed by atoms with Crippen LogP contribution in [-0.4, -0.2) is 23.7 Å². The highest BCUT2D eigenvalue weighted by molar-refractivity contribution is 7.96. The van der Waals surface area contributed by atoms with Gasteiger partial charge in [0, 0.05) is 13.1 Å². The van der Waals surface area contributed by atoms with E-state index in [1.807, 2.05) is 11.9 Å². The lowest BCUT2D eigenvalue weighted by Crippen LogP contribution is -2.45. The standard InChI is InChI=1S/C12H23NS/c1-3-4-11-9-12(10-11)5-7-13(14-2)8-6-12/h11H,3-10H2,1-2H3. The Kier molecular flexibility index (Phi) is 3.43. The Morgan fingerprint density at radius 1 is 1.29 bits per heavy atom. The van der Waals surface area contributed by atoms with Gasteiger partial charge in [0.1, 0.15) is 0 Å². The fourth-order valence-corrected chi connectivity index (χ4v) is 3.88. The van der Waals surface area contributed by atoms with Gasteiger partial charge in [0.25, 0.3) is 0 Å². The van der Waals surface area contributed by atoms with E-state index in [1.165, 1.54) is 38.8 Å². The van der Waals surface area contributed by atoms with Crippen LogP contribution in [0.15, 0.2) is 0 Å². The first-order valence-corrected chi connectivity index (χ1v) is 7.25. The Morgan fingerprint density at radius 2 is 1.93 bits per heavy atom. The molecule has 1 aliphatic carbocycles. The van der Waals surface area contributed by atoms with Gasteiger partial charge in [0.05, 0.1) is 0 Å². The fraction of sp³-hybridized carbons (Fsp3) is 1.00. The molecule has 1 saturated heterocycles. The van der Waals surface area contributed by atoms with Gasteiger partial charge < -0.3 is 0 Å². The lowest BCUT2D eigenvalue weighted by molar-refractivity contribution is 0.00275. The molecule has 0 aromatic heterocycles. The van der Waals surface area contributed by atoms with Crippen molar-refractivity contribution < 1.29 is 0 Å². The number of hydrogen-bond acceptors (Lipinski definition) is 2. The number of hydrogen-bond donors (Lipinski definition) is 0. The van der Waals surface area contributed by atoms with Crippen LogP contribution in [0.2, 0.25) is 0 Å². The molecular formula is C12H23NS. The van der Waals surface area contributed by atoms with Crippen molar-refractivity contribution in [3.8, 4) is 0 Å². The van der Waals surface area contributed by atoms with Crippen LogP contribution < -0.4 is 0 Å². The Hall–Kier alpha value is 0.310. The third kappa shape index (κ3) is 2.11. The maximum Gasteiger partial charge on any atom is 0.00945 e. The average molecular weight is 213 g/mol. The second-order valence-electron chi connectivity index (χ2n) is 5.17. The zero-order chi connectivity index (χ0) is 10.0. The molecule has 0 aromatic rings. The van der Waals surface area contributed by atoms with Crippen molar-refractivity contribution in [3.63, 3.8) is 0 Å². The van der Waals surface area contributed by atoms with E-state index in [1.54, 1.807) is 12.8 Å². The molecule has 2 aliphatic rings. The van der Waals surface area contributed by atoms with Crippen molar-refractivity contribution in [2.45, 2.75) is 45.4 Å². The summed E-state index contributed by atoms with van der Waals surface area (Å²) in [6.07, 6.45) is 11.1. The molecule has 2 rings (SSSR count). The average Bonchev–Trinajstić information content (AvgIpc) is 2.17. The summed E-state index contributed by atoms with van der Waals surface area (Å²) in [6, 6.07) is 0. The zero-order valence-corrected chi connectivity index (χ0v) is 10.4. The summed E-state index contributed by atoms with van der Waals surface area (Å²) in [5, 5.41) is 0. The molecule has 1 saturated carbocycles. The summed E-state index contributed by atoms with van der Waals surface area (Å²) < 4.78 is 2.53. The Morgan fingerprint density at radius 3 is 2.43 bits per heavy atom. The van der Waals surface area contributed by atoms with Crippen LogP contribution in [0.1, 0.15) is 45.4 Å². The lowest BCUT2D eigenvalue weighted by Gasteiger charge is -2.52. The summed E-state index contributed by atoms with van der Waals surface area (Å²) in [5.74, 6) is 1.08. The molecule has 1 heterocycles. The smallest absolute Gasteiger partial charge is 0.00945 e. The van der Waals surface area contributed by atoms with Crippen LogP contribution in [0.5, 0.6) is 0 Å². The summed E-state index contributed by atoms with van der Waals surface area (Å²) in [4.78, 5) is 0. The highest BCUT2D eigenvalue weighted by atomic mass is 32.2. The monoisotopic (exact) mass is 213 g/mol. The van der Waals surface area contributed by atoms with Crippen molar-refractivity contribution in [3.05, 3.63) is 0 Å². The third-order valence-electron chi connectivity index (χ3n) is 4.18. The highest BCUT2D eigenvalue weighted by Crippen LogP contribution is 2.54. The van der Waals surface area contributed by atoms with E-state index in [-0.39, 0.29) is 0 Å². The van der Waals surface area contributed by atoms with Crippen LogP contribution in [0.25, 0.3) is 0 Å². The predicted octanol–water partition coefficient (Wildman–Crippen LogP) is 3.56. The molecule has 2 heteroatoms. The van der Waals surface area contributed by atoms with Crippen LogP contribution in [-0.2, 0) is 0 Å². The SMILES string of the molecule is CCCC1CC2(CCN(SC)CC2)C1. The van der Waals surface area contributed by atoms with E-state index in [2.05, 4.69) is 17.5 Å². The van der Waals surface area contributed by atoms with Gasteiger partial charge >= 0.3 is 0 Å². The van der Waals surface area contributed by atoms with Crippen LogP contribution in [0, 0.1) is 11.3 Å². The van der Waals surface area contributed by atoms with E-state index in [9.17, 15) is 0 Å². The largest absolute Gasteiger partial charge is 0.251 e. The van der Waals surface area contributed by atoms with Crippen molar-refractivity contribution >= 4 is 11.9 Å². The van der Waals surface area contributed by atoms with Crippen molar-refractivity contribution in [2.24, 2.45) is 11.3 Å². The first kappa shape index (κ1) is 10.8. The lowest BCUT2D eigenvalue weighted by atomic mass is 9.57. The predicted molar refractivity (Wildman–Crippen MR) is 64.4 cm³/mol. The highest BCUT2D eigenvalue weighted by Gasteiger charge is 2.44. The Bertz CT molecular complexity index is 169. The van der Waals surface area contributed by atoms with Gasteiger partial charge in [-0.2, -0.15) is 0 Å². The molecule has 1 spiro atoms. The summed E-state index contributed by atoms with van der Waals surface area (Å²) >= 11 is 1.93. The molecule has 0 atom stereocenters. The molecule has 0 amide bonds. The molecule has 1 nitrogen and oxygen atoms in total. The second-order valence-corrected chi connectivity index (χ2v) is 6.06. The van der Waals surface area contributed by atoms with E-state index < -0.39 is 0 Å². The van der Waals surface area contributed by atoms with Crippen LogP contribution >= 0.6 is 11.9 Å². The molecule has 0 radical (unpaired) electrons. The van der Waals surface area contributed by atoms with Gasteiger partial charge in [-0.1, -0.05) is 31.7 Å². The molecule has 0 aromatic carbocycles. The maximum absolute atomic E-state index is 2.53. The summed E-state index contributed by atoms with van der Waals surface area (Å²) in [7, 11) is 0.